The highest BCUT2D eigenvalue weighted by Gasteiger charge is 2.35. The van der Waals surface area contributed by atoms with Gasteiger partial charge in [-0.05, 0) is 42.0 Å². The number of rotatable bonds is 6. The van der Waals surface area contributed by atoms with E-state index in [9.17, 15) is 19.1 Å². The van der Waals surface area contributed by atoms with Crippen LogP contribution in [0.4, 0.5) is 4.39 Å². The summed E-state index contributed by atoms with van der Waals surface area (Å²) < 4.78 is 13.7. The van der Waals surface area contributed by atoms with Crippen molar-refractivity contribution in [3.8, 4) is 0 Å². The van der Waals surface area contributed by atoms with Gasteiger partial charge in [-0.15, -0.1) is 11.8 Å². The number of carbonyl (C=O) groups is 2. The fourth-order valence-corrected chi connectivity index (χ4v) is 4.72. The van der Waals surface area contributed by atoms with Crippen LogP contribution < -0.4 is 0 Å². The molecule has 0 radical (unpaired) electrons. The third-order valence-electron chi connectivity index (χ3n) is 5.05. The van der Waals surface area contributed by atoms with Gasteiger partial charge < -0.3 is 10.0 Å². The lowest BCUT2D eigenvalue weighted by atomic mass is 10.0. The molecule has 5 nitrogen and oxygen atoms in total. The van der Waals surface area contributed by atoms with Crippen molar-refractivity contribution in [2.75, 3.05) is 18.8 Å². The standard InChI is InChI=1S/C21H25FN2O3S/c1-3-28-20-19(21(26)27)14(2)11-18(23-9-7-17(25)8-10-23)24(20)13-15-5-4-6-16(22)12-15/h4-6,11-12,18H,3,7-10,13H2,1-2H3,(H,26,27). The molecule has 28 heavy (non-hydrogen) atoms. The van der Waals surface area contributed by atoms with E-state index >= 15 is 0 Å². The van der Waals surface area contributed by atoms with Crippen LogP contribution >= 0.6 is 11.8 Å². The molecule has 3 rings (SSSR count). The van der Waals surface area contributed by atoms with Gasteiger partial charge in [0.2, 0.25) is 0 Å². The number of hydrogen-bond donors (Lipinski definition) is 1. The molecular weight excluding hydrogens is 379 g/mol. The monoisotopic (exact) mass is 404 g/mol. The number of hydrogen-bond acceptors (Lipinski definition) is 5. The number of piperidine rings is 1. The van der Waals surface area contributed by atoms with E-state index in [1.54, 1.807) is 6.07 Å². The molecule has 150 valence electrons. The van der Waals surface area contributed by atoms with Crippen LogP contribution in [0.5, 0.6) is 0 Å². The van der Waals surface area contributed by atoms with Gasteiger partial charge in [-0.2, -0.15) is 0 Å². The molecule has 0 aliphatic carbocycles. The minimum Gasteiger partial charge on any atom is -0.478 e. The highest BCUT2D eigenvalue weighted by molar-refractivity contribution is 8.03. The zero-order valence-corrected chi connectivity index (χ0v) is 17.0. The van der Waals surface area contributed by atoms with E-state index in [0.717, 1.165) is 16.9 Å². The van der Waals surface area contributed by atoms with E-state index in [1.807, 2.05) is 30.9 Å². The maximum Gasteiger partial charge on any atom is 0.338 e. The molecule has 0 amide bonds. The summed E-state index contributed by atoms with van der Waals surface area (Å²) in [6.45, 7) is 5.48. The lowest BCUT2D eigenvalue weighted by Gasteiger charge is -2.44. The second kappa shape index (κ2) is 8.92. The maximum absolute atomic E-state index is 13.7. The van der Waals surface area contributed by atoms with Gasteiger partial charge in [-0.25, -0.2) is 9.18 Å². The lowest BCUT2D eigenvalue weighted by Crippen LogP contribution is -2.51. The molecular formula is C21H25FN2O3S. The molecule has 1 fully saturated rings. The summed E-state index contributed by atoms with van der Waals surface area (Å²) >= 11 is 1.49. The second-order valence-corrected chi connectivity index (χ2v) is 8.27. The number of aliphatic carboxylic acids is 1. The second-order valence-electron chi connectivity index (χ2n) is 7.01. The summed E-state index contributed by atoms with van der Waals surface area (Å²) in [5.41, 5.74) is 1.80. The molecule has 0 saturated carbocycles. The number of carboxylic acids is 1. The molecule has 0 bridgehead atoms. The Balaban J connectivity index is 2.01. The van der Waals surface area contributed by atoms with E-state index in [0.29, 0.717) is 43.1 Å². The Kier molecular flexibility index (Phi) is 6.57. The van der Waals surface area contributed by atoms with Crippen LogP contribution in [0.2, 0.25) is 0 Å². The van der Waals surface area contributed by atoms with Gasteiger partial charge in [0.15, 0.2) is 0 Å². The van der Waals surface area contributed by atoms with Crippen LogP contribution in [-0.4, -0.2) is 51.7 Å². The molecule has 1 atom stereocenters. The summed E-state index contributed by atoms with van der Waals surface area (Å²) in [5.74, 6) is -0.284. The van der Waals surface area contributed by atoms with Gasteiger partial charge in [-0.3, -0.25) is 9.69 Å². The topological polar surface area (TPSA) is 60.9 Å². The van der Waals surface area contributed by atoms with E-state index < -0.39 is 5.97 Å². The number of carboxylic acid groups (broad SMARTS) is 1. The quantitative estimate of drug-likeness (QED) is 0.781. The fourth-order valence-electron chi connectivity index (χ4n) is 3.72. The van der Waals surface area contributed by atoms with E-state index in [2.05, 4.69) is 4.90 Å². The highest BCUT2D eigenvalue weighted by Crippen LogP contribution is 2.37. The Bertz CT molecular complexity index is 827. The molecule has 0 spiro atoms. The number of likely N-dealkylation sites (tertiary alicyclic amines) is 1. The number of carbonyl (C=O) groups excluding carboxylic acids is 1. The first-order valence-electron chi connectivity index (χ1n) is 9.46. The summed E-state index contributed by atoms with van der Waals surface area (Å²) in [4.78, 5) is 27.9. The predicted molar refractivity (Wildman–Crippen MR) is 108 cm³/mol. The van der Waals surface area contributed by atoms with Gasteiger partial charge in [0.1, 0.15) is 17.8 Å². The Hall–Kier alpha value is -2.12. The van der Waals surface area contributed by atoms with E-state index in [4.69, 9.17) is 0 Å². The summed E-state index contributed by atoms with van der Waals surface area (Å²) in [6.07, 6.45) is 2.80. The van der Waals surface area contributed by atoms with E-state index in [-0.39, 0.29) is 17.8 Å². The fraction of sp³-hybridized carbons (Fsp3) is 0.429. The zero-order chi connectivity index (χ0) is 20.3. The molecule has 1 saturated heterocycles. The SMILES string of the molecule is CCSC1=C(C(=O)O)C(C)=CC(N2CCC(=O)CC2)N1Cc1cccc(F)c1. The van der Waals surface area contributed by atoms with Crippen molar-refractivity contribution in [1.29, 1.82) is 0 Å². The maximum atomic E-state index is 13.7. The summed E-state index contributed by atoms with van der Waals surface area (Å²) in [7, 11) is 0. The van der Waals surface area contributed by atoms with Crippen LogP contribution in [0.1, 0.15) is 32.3 Å². The summed E-state index contributed by atoms with van der Waals surface area (Å²) in [5, 5.41) is 10.5. The lowest BCUT2D eigenvalue weighted by molar-refractivity contribution is -0.132. The van der Waals surface area contributed by atoms with Crippen molar-refractivity contribution in [3.63, 3.8) is 0 Å². The number of nitrogens with zero attached hydrogens (tertiary/aromatic N) is 2. The molecule has 2 aliphatic rings. The first-order chi connectivity index (χ1) is 13.4. The smallest absolute Gasteiger partial charge is 0.338 e. The predicted octanol–water partition coefficient (Wildman–Crippen LogP) is 3.63. The number of thioether (sulfide) groups is 1. The average molecular weight is 405 g/mol. The number of ketones is 1. The molecule has 1 N–H and O–H groups in total. The third-order valence-corrected chi connectivity index (χ3v) is 6.05. The third kappa shape index (κ3) is 4.47. The molecule has 2 aliphatic heterocycles. The van der Waals surface area contributed by atoms with Crippen molar-refractivity contribution < 1.29 is 19.1 Å². The molecule has 2 heterocycles. The van der Waals surface area contributed by atoms with Crippen molar-refractivity contribution >= 4 is 23.5 Å². The first-order valence-corrected chi connectivity index (χ1v) is 10.4. The largest absolute Gasteiger partial charge is 0.478 e. The van der Waals surface area contributed by atoms with Crippen LogP contribution in [0, 0.1) is 5.82 Å². The van der Waals surface area contributed by atoms with Crippen LogP contribution in [0.25, 0.3) is 0 Å². The normalized spacial score (nSPS) is 21.1. The van der Waals surface area contributed by atoms with Gasteiger partial charge in [0.05, 0.1) is 10.6 Å². The summed E-state index contributed by atoms with van der Waals surface area (Å²) in [6, 6.07) is 6.40. The minimum absolute atomic E-state index is 0.159. The Morgan fingerprint density at radius 1 is 1.32 bits per heavy atom. The van der Waals surface area contributed by atoms with E-state index in [1.165, 1.54) is 23.9 Å². The van der Waals surface area contributed by atoms with Gasteiger partial charge in [-0.1, -0.05) is 19.1 Å². The Labute approximate surface area is 168 Å². The van der Waals surface area contributed by atoms with Crippen molar-refractivity contribution in [2.24, 2.45) is 0 Å². The van der Waals surface area contributed by atoms with Crippen molar-refractivity contribution in [2.45, 2.75) is 39.4 Å². The zero-order valence-electron chi connectivity index (χ0n) is 16.2. The van der Waals surface area contributed by atoms with Gasteiger partial charge in [0, 0.05) is 32.5 Å². The molecule has 1 unspecified atom stereocenters. The van der Waals surface area contributed by atoms with Gasteiger partial charge >= 0.3 is 5.97 Å². The van der Waals surface area contributed by atoms with Crippen LogP contribution in [0.15, 0.2) is 46.5 Å². The highest BCUT2D eigenvalue weighted by atomic mass is 32.2. The Morgan fingerprint density at radius 3 is 2.64 bits per heavy atom. The minimum atomic E-state index is -0.957. The molecule has 1 aromatic rings. The molecule has 0 aromatic heterocycles. The van der Waals surface area contributed by atoms with Gasteiger partial charge in [0.25, 0.3) is 0 Å². The van der Waals surface area contributed by atoms with Crippen LogP contribution in [-0.2, 0) is 16.1 Å². The molecule has 1 aromatic carbocycles. The Morgan fingerprint density at radius 2 is 2.04 bits per heavy atom. The number of benzene rings is 1. The number of Topliss-reactive ketones (excluding diaryl/α,β-unsaturated/α-hetero) is 1. The van der Waals surface area contributed by atoms with Crippen molar-refractivity contribution in [3.05, 3.63) is 57.9 Å². The first kappa shape index (κ1) is 20.6. The number of halogens is 1. The average Bonchev–Trinajstić information content (AvgIpc) is 2.64. The van der Waals surface area contributed by atoms with Crippen molar-refractivity contribution in [1.82, 2.24) is 9.80 Å². The van der Waals surface area contributed by atoms with Crippen LogP contribution in [0.3, 0.4) is 0 Å². The molecule has 7 heteroatoms.